The molecule has 158 valence electrons. The maximum atomic E-state index is 13.2. The molecule has 1 atom stereocenters. The number of ether oxygens (including phenoxy) is 1. The molecule has 1 aromatic rings. The molecular weight excluding hydrogens is 379 g/mol. The summed E-state index contributed by atoms with van der Waals surface area (Å²) in [4.78, 5) is 23.6. The summed E-state index contributed by atoms with van der Waals surface area (Å²) in [5, 5.41) is 0. The van der Waals surface area contributed by atoms with Crippen LogP contribution in [0.3, 0.4) is 0 Å². The Balaban J connectivity index is 1.37. The van der Waals surface area contributed by atoms with Crippen LogP contribution in [-0.2, 0) is 20.7 Å². The van der Waals surface area contributed by atoms with Crippen molar-refractivity contribution < 1.29 is 18.7 Å². The van der Waals surface area contributed by atoms with Gasteiger partial charge >= 0.3 is 5.97 Å². The van der Waals surface area contributed by atoms with Crippen molar-refractivity contribution in [1.29, 1.82) is 0 Å². The third kappa shape index (κ3) is 7.58. The number of carbonyl (C=O) groups excluding carboxylic acids is 2. The first-order valence-electron chi connectivity index (χ1n) is 10.8. The highest BCUT2D eigenvalue weighted by atomic mass is 19.1. The first-order chi connectivity index (χ1) is 14.6. The maximum Gasteiger partial charge on any atom is 0.306 e. The molecule has 3 nitrogen and oxygen atoms in total. The molecule has 0 bridgehead atoms. The molecule has 0 heterocycles. The smallest absolute Gasteiger partial charge is 0.306 e. The molecule has 1 fully saturated rings. The highest BCUT2D eigenvalue weighted by molar-refractivity contribution is 6.07. The molecule has 0 aliphatic heterocycles. The summed E-state index contributed by atoms with van der Waals surface area (Å²) in [7, 11) is 0. The van der Waals surface area contributed by atoms with Crippen molar-refractivity contribution in [3.8, 4) is 0 Å². The lowest BCUT2D eigenvalue weighted by molar-refractivity contribution is -0.144. The topological polar surface area (TPSA) is 43.4 Å². The highest BCUT2D eigenvalue weighted by Gasteiger charge is 2.25. The van der Waals surface area contributed by atoms with Gasteiger partial charge in [-0.1, -0.05) is 48.6 Å². The summed E-state index contributed by atoms with van der Waals surface area (Å²) < 4.78 is 18.4. The molecule has 4 heteroatoms. The molecule has 1 aromatic carbocycles. The van der Waals surface area contributed by atoms with E-state index in [4.69, 9.17) is 4.74 Å². The predicted octanol–water partition coefficient (Wildman–Crippen LogP) is 5.82. The second kappa shape index (κ2) is 11.4. The van der Waals surface area contributed by atoms with Crippen LogP contribution in [0.2, 0.25) is 0 Å². The van der Waals surface area contributed by atoms with Crippen molar-refractivity contribution >= 4 is 11.8 Å². The summed E-state index contributed by atoms with van der Waals surface area (Å²) in [6.45, 7) is 0. The van der Waals surface area contributed by atoms with Gasteiger partial charge in [0.15, 0.2) is 5.78 Å². The Labute approximate surface area is 178 Å². The Morgan fingerprint density at radius 3 is 2.83 bits per heavy atom. The standard InChI is InChI=1S/C26H29FO3/c27-22-12-8-10-20(19-22)9-4-3-6-13-24-21(15-18-25(24)28)11-5-1-2-7-14-26(29)30-23-16-17-23/h1,3,5-6,8,10,12-13,15,18-19,21,23H,2,4,7,9,11,14,16-17H2. The van der Waals surface area contributed by atoms with Crippen molar-refractivity contribution in [3.05, 3.63) is 83.8 Å². The Hall–Kier alpha value is -2.75. The van der Waals surface area contributed by atoms with Gasteiger partial charge in [-0.25, -0.2) is 4.39 Å². The van der Waals surface area contributed by atoms with Crippen LogP contribution < -0.4 is 0 Å². The summed E-state index contributed by atoms with van der Waals surface area (Å²) in [6, 6.07) is 6.63. The van der Waals surface area contributed by atoms with E-state index in [-0.39, 0.29) is 29.6 Å². The van der Waals surface area contributed by atoms with Gasteiger partial charge in [-0.3, -0.25) is 9.59 Å². The molecule has 30 heavy (non-hydrogen) atoms. The molecule has 1 saturated carbocycles. The van der Waals surface area contributed by atoms with E-state index in [1.807, 2.05) is 30.4 Å². The van der Waals surface area contributed by atoms with Crippen LogP contribution in [-0.4, -0.2) is 17.9 Å². The van der Waals surface area contributed by atoms with Gasteiger partial charge in [0, 0.05) is 17.9 Å². The number of allylic oxidation sites excluding steroid dienone is 8. The zero-order valence-corrected chi connectivity index (χ0v) is 17.3. The van der Waals surface area contributed by atoms with Crippen LogP contribution in [0.15, 0.2) is 72.4 Å². The third-order valence-electron chi connectivity index (χ3n) is 5.20. The van der Waals surface area contributed by atoms with E-state index in [2.05, 4.69) is 12.2 Å². The molecule has 0 N–H and O–H groups in total. The Kier molecular flexibility index (Phi) is 8.37. The van der Waals surface area contributed by atoms with E-state index >= 15 is 0 Å². The number of unbranched alkanes of at least 4 members (excludes halogenated alkanes) is 1. The second-order valence-electron chi connectivity index (χ2n) is 7.84. The van der Waals surface area contributed by atoms with E-state index in [1.165, 1.54) is 6.07 Å². The minimum Gasteiger partial charge on any atom is -0.462 e. The molecule has 0 saturated heterocycles. The highest BCUT2D eigenvalue weighted by Crippen LogP contribution is 2.26. The Morgan fingerprint density at radius 2 is 2.03 bits per heavy atom. The average molecular weight is 409 g/mol. The lowest BCUT2D eigenvalue weighted by Gasteiger charge is -2.06. The van der Waals surface area contributed by atoms with E-state index < -0.39 is 0 Å². The van der Waals surface area contributed by atoms with Gasteiger partial charge in [-0.15, -0.1) is 0 Å². The number of hydrogen-bond acceptors (Lipinski definition) is 3. The molecule has 0 amide bonds. The van der Waals surface area contributed by atoms with E-state index in [0.29, 0.717) is 6.42 Å². The Bertz CT molecular complexity index is 859. The zero-order chi connectivity index (χ0) is 21.2. The SMILES string of the molecule is O=C(CCCC=CCC1C=CC(=O)C1=CC=CCCc1cccc(F)c1)OC1CC1. The van der Waals surface area contributed by atoms with E-state index in [1.54, 1.807) is 18.2 Å². The van der Waals surface area contributed by atoms with Gasteiger partial charge in [-0.05, 0) is 68.7 Å². The fourth-order valence-corrected chi connectivity index (χ4v) is 3.36. The minimum atomic E-state index is -0.213. The van der Waals surface area contributed by atoms with Crippen LogP contribution >= 0.6 is 0 Å². The molecule has 0 spiro atoms. The summed E-state index contributed by atoms with van der Waals surface area (Å²) >= 11 is 0. The van der Waals surface area contributed by atoms with Gasteiger partial charge in [0.25, 0.3) is 0 Å². The van der Waals surface area contributed by atoms with Gasteiger partial charge < -0.3 is 4.74 Å². The summed E-state index contributed by atoms with van der Waals surface area (Å²) in [6.07, 6.45) is 20.2. The molecular formula is C26H29FO3. The van der Waals surface area contributed by atoms with E-state index in [0.717, 1.165) is 56.1 Å². The number of hydrogen-bond donors (Lipinski definition) is 0. The number of ketones is 1. The van der Waals surface area contributed by atoms with Crippen LogP contribution in [0.25, 0.3) is 0 Å². The average Bonchev–Trinajstić information content (AvgIpc) is 3.47. The number of esters is 1. The van der Waals surface area contributed by atoms with Crippen molar-refractivity contribution in [1.82, 2.24) is 0 Å². The number of carbonyl (C=O) groups is 2. The summed E-state index contributed by atoms with van der Waals surface area (Å²) in [5.41, 5.74) is 1.77. The lowest BCUT2D eigenvalue weighted by atomic mass is 9.97. The number of benzene rings is 1. The van der Waals surface area contributed by atoms with Crippen LogP contribution in [0.5, 0.6) is 0 Å². The van der Waals surface area contributed by atoms with Gasteiger partial charge in [0.2, 0.25) is 0 Å². The number of halogens is 1. The van der Waals surface area contributed by atoms with Gasteiger partial charge in [0.05, 0.1) is 0 Å². The van der Waals surface area contributed by atoms with E-state index in [9.17, 15) is 14.0 Å². The lowest BCUT2D eigenvalue weighted by Crippen LogP contribution is -2.05. The molecule has 3 rings (SSSR count). The fourth-order valence-electron chi connectivity index (χ4n) is 3.36. The van der Waals surface area contributed by atoms with Crippen molar-refractivity contribution in [3.63, 3.8) is 0 Å². The largest absolute Gasteiger partial charge is 0.462 e. The third-order valence-corrected chi connectivity index (χ3v) is 5.20. The minimum absolute atomic E-state index is 0.0611. The normalized spacial score (nSPS) is 20.1. The van der Waals surface area contributed by atoms with Crippen LogP contribution in [0.4, 0.5) is 4.39 Å². The van der Waals surface area contributed by atoms with Gasteiger partial charge in [-0.2, -0.15) is 0 Å². The number of aryl methyl sites for hydroxylation is 1. The van der Waals surface area contributed by atoms with Crippen LogP contribution in [0, 0.1) is 11.7 Å². The second-order valence-corrected chi connectivity index (χ2v) is 7.84. The molecule has 0 aromatic heterocycles. The van der Waals surface area contributed by atoms with Crippen LogP contribution in [0.1, 0.15) is 50.5 Å². The quantitative estimate of drug-likeness (QED) is 0.201. The molecule has 0 radical (unpaired) electrons. The first kappa shape index (κ1) is 21.9. The summed E-state index contributed by atoms with van der Waals surface area (Å²) in [5.74, 6) is -0.146. The fraction of sp³-hybridized carbons (Fsp3) is 0.385. The first-order valence-corrected chi connectivity index (χ1v) is 10.8. The molecule has 2 aliphatic carbocycles. The zero-order valence-electron chi connectivity index (χ0n) is 17.3. The van der Waals surface area contributed by atoms with Crippen molar-refractivity contribution in [2.45, 2.75) is 57.5 Å². The molecule has 1 unspecified atom stereocenters. The molecule has 2 aliphatic rings. The number of rotatable bonds is 11. The Morgan fingerprint density at radius 1 is 1.17 bits per heavy atom. The maximum absolute atomic E-state index is 13.2. The van der Waals surface area contributed by atoms with Crippen molar-refractivity contribution in [2.24, 2.45) is 5.92 Å². The monoisotopic (exact) mass is 408 g/mol. The predicted molar refractivity (Wildman–Crippen MR) is 116 cm³/mol. The van der Waals surface area contributed by atoms with Gasteiger partial charge in [0.1, 0.15) is 11.9 Å². The van der Waals surface area contributed by atoms with Crippen molar-refractivity contribution in [2.75, 3.05) is 0 Å².